The zero-order valence-electron chi connectivity index (χ0n) is 12.4. The van der Waals surface area contributed by atoms with Gasteiger partial charge in [0.25, 0.3) is 0 Å². The fraction of sp³-hybridized carbons (Fsp3) is 0.250. The van der Waals surface area contributed by atoms with Gasteiger partial charge in [-0.3, -0.25) is 4.79 Å². The summed E-state index contributed by atoms with van der Waals surface area (Å²) in [5.41, 5.74) is -0.818. The normalized spacial score (nSPS) is 15.5. The number of hydrogen-bond acceptors (Lipinski definition) is 4. The molecule has 1 saturated heterocycles. The van der Waals surface area contributed by atoms with Gasteiger partial charge in [-0.05, 0) is 24.3 Å². The lowest BCUT2D eigenvalue weighted by Gasteiger charge is -2.38. The Labute approximate surface area is 135 Å². The molecule has 1 aliphatic heterocycles. The first kappa shape index (κ1) is 16.1. The molecule has 0 bridgehead atoms. The van der Waals surface area contributed by atoms with Gasteiger partial charge in [-0.1, -0.05) is 0 Å². The fourth-order valence-electron chi connectivity index (χ4n) is 2.16. The quantitative estimate of drug-likeness (QED) is 0.804. The van der Waals surface area contributed by atoms with E-state index in [1.807, 2.05) is 0 Å². The predicted octanol–water partition coefficient (Wildman–Crippen LogP) is 3.00. The first-order valence-corrected chi connectivity index (χ1v) is 7.12. The van der Waals surface area contributed by atoms with E-state index in [2.05, 4.69) is 4.98 Å². The number of carbonyl (C=O) groups is 1. The molecule has 126 valence electrons. The topological polar surface area (TPSA) is 55.6 Å². The van der Waals surface area contributed by atoms with E-state index in [-0.39, 0.29) is 17.9 Å². The Morgan fingerprint density at radius 2 is 2.17 bits per heavy atom. The van der Waals surface area contributed by atoms with E-state index in [0.29, 0.717) is 18.8 Å². The molecular weight excluding hydrogens is 325 g/mol. The summed E-state index contributed by atoms with van der Waals surface area (Å²) in [5, 5.41) is 0. The van der Waals surface area contributed by atoms with Crippen molar-refractivity contribution < 1.29 is 27.1 Å². The van der Waals surface area contributed by atoms with Crippen LogP contribution in [0.5, 0.6) is 5.88 Å². The Kier molecular flexibility index (Phi) is 4.28. The third-order valence-corrected chi connectivity index (χ3v) is 3.44. The fourth-order valence-corrected chi connectivity index (χ4v) is 2.16. The molecule has 0 saturated carbocycles. The average Bonchev–Trinajstić information content (AvgIpc) is 3.01. The molecule has 0 atom stereocenters. The number of ether oxygens (including phenoxy) is 1. The summed E-state index contributed by atoms with van der Waals surface area (Å²) in [5.74, 6) is 0.237. The molecule has 1 fully saturated rings. The first-order valence-electron chi connectivity index (χ1n) is 7.12. The predicted molar refractivity (Wildman–Crippen MR) is 78.0 cm³/mol. The molecule has 1 aliphatic rings. The van der Waals surface area contributed by atoms with Gasteiger partial charge in [0.2, 0.25) is 11.8 Å². The Morgan fingerprint density at radius 3 is 2.83 bits per heavy atom. The highest BCUT2D eigenvalue weighted by Crippen LogP contribution is 2.31. The van der Waals surface area contributed by atoms with Gasteiger partial charge >= 0.3 is 6.18 Å². The van der Waals surface area contributed by atoms with Crippen LogP contribution in [-0.4, -0.2) is 35.0 Å². The first-order chi connectivity index (χ1) is 11.4. The van der Waals surface area contributed by atoms with Crippen LogP contribution in [-0.2, 0) is 11.0 Å². The van der Waals surface area contributed by atoms with Gasteiger partial charge in [-0.25, -0.2) is 4.98 Å². The van der Waals surface area contributed by atoms with Crippen molar-refractivity contribution in [3.63, 3.8) is 0 Å². The lowest BCUT2D eigenvalue weighted by atomic mass is 10.1. The Morgan fingerprint density at radius 1 is 1.38 bits per heavy atom. The van der Waals surface area contributed by atoms with E-state index in [1.54, 1.807) is 18.2 Å². The van der Waals surface area contributed by atoms with Crippen LogP contribution in [0.3, 0.4) is 0 Å². The molecule has 0 unspecified atom stereocenters. The molecule has 2 aromatic rings. The highest BCUT2D eigenvalue weighted by molar-refractivity contribution is 5.92. The molecule has 8 heteroatoms. The molecule has 0 radical (unpaired) electrons. The summed E-state index contributed by atoms with van der Waals surface area (Å²) in [6, 6.07) is 5.15. The SMILES string of the molecule is O=C(/C=C/c1ccco1)N1CC(Oc2cc(C(F)(F)F)ccn2)C1. The molecule has 0 spiro atoms. The van der Waals surface area contributed by atoms with Gasteiger partial charge in [0.1, 0.15) is 11.9 Å². The van der Waals surface area contributed by atoms with E-state index < -0.39 is 11.7 Å². The number of nitrogens with zero attached hydrogens (tertiary/aromatic N) is 2. The van der Waals surface area contributed by atoms with Crippen LogP contribution < -0.4 is 4.74 Å². The molecule has 3 heterocycles. The minimum absolute atomic E-state index is 0.104. The molecule has 0 aliphatic carbocycles. The standard InChI is InChI=1S/C16H13F3N2O3/c17-16(18,19)11-5-6-20-14(8-11)24-13-9-21(10-13)15(22)4-3-12-2-1-7-23-12/h1-8,13H,9-10H2/b4-3+. The van der Waals surface area contributed by atoms with Crippen molar-refractivity contribution in [1.82, 2.24) is 9.88 Å². The Balaban J connectivity index is 1.51. The molecule has 1 amide bonds. The van der Waals surface area contributed by atoms with Gasteiger partial charge in [0.05, 0.1) is 24.9 Å². The summed E-state index contributed by atoms with van der Waals surface area (Å²) >= 11 is 0. The van der Waals surface area contributed by atoms with Gasteiger partial charge in [0.15, 0.2) is 0 Å². The van der Waals surface area contributed by atoms with Crippen molar-refractivity contribution in [1.29, 1.82) is 0 Å². The second-order valence-corrected chi connectivity index (χ2v) is 5.21. The smallest absolute Gasteiger partial charge is 0.416 e. The number of pyridine rings is 1. The minimum atomic E-state index is -4.45. The van der Waals surface area contributed by atoms with Gasteiger partial charge < -0.3 is 14.1 Å². The van der Waals surface area contributed by atoms with E-state index in [9.17, 15) is 18.0 Å². The van der Waals surface area contributed by atoms with Crippen LogP contribution in [0.15, 0.2) is 47.2 Å². The summed E-state index contributed by atoms with van der Waals surface area (Å²) in [6.07, 6.45) is 0.648. The Hall–Kier alpha value is -2.77. The molecular formula is C16H13F3N2O3. The second-order valence-electron chi connectivity index (χ2n) is 5.21. The third-order valence-electron chi connectivity index (χ3n) is 3.44. The number of rotatable bonds is 4. The molecule has 5 nitrogen and oxygen atoms in total. The second kappa shape index (κ2) is 6.38. The minimum Gasteiger partial charge on any atom is -0.471 e. The van der Waals surface area contributed by atoms with Crippen molar-refractivity contribution in [3.05, 3.63) is 54.1 Å². The Bertz CT molecular complexity index is 735. The number of amides is 1. The summed E-state index contributed by atoms with van der Waals surface area (Å²) in [7, 11) is 0. The summed E-state index contributed by atoms with van der Waals surface area (Å²) in [4.78, 5) is 17.2. The maximum atomic E-state index is 12.6. The van der Waals surface area contributed by atoms with Crippen LogP contribution in [0.25, 0.3) is 6.08 Å². The van der Waals surface area contributed by atoms with Crippen molar-refractivity contribution >= 4 is 12.0 Å². The number of alkyl halides is 3. The molecule has 2 aromatic heterocycles. The third kappa shape index (κ3) is 3.76. The number of likely N-dealkylation sites (tertiary alicyclic amines) is 1. The van der Waals surface area contributed by atoms with Crippen LogP contribution in [0.1, 0.15) is 11.3 Å². The number of carbonyl (C=O) groups excluding carboxylic acids is 1. The molecule has 3 rings (SSSR count). The van der Waals surface area contributed by atoms with Crippen LogP contribution in [0, 0.1) is 0 Å². The number of halogens is 3. The van der Waals surface area contributed by atoms with Crippen LogP contribution >= 0.6 is 0 Å². The highest BCUT2D eigenvalue weighted by Gasteiger charge is 2.33. The summed E-state index contributed by atoms with van der Waals surface area (Å²) in [6.45, 7) is 0.582. The van der Waals surface area contributed by atoms with Crippen molar-refractivity contribution in [3.8, 4) is 5.88 Å². The van der Waals surface area contributed by atoms with Crippen molar-refractivity contribution in [2.75, 3.05) is 13.1 Å². The monoisotopic (exact) mass is 338 g/mol. The molecule has 0 aromatic carbocycles. The van der Waals surface area contributed by atoms with E-state index in [0.717, 1.165) is 18.3 Å². The van der Waals surface area contributed by atoms with E-state index in [1.165, 1.54) is 17.2 Å². The zero-order valence-corrected chi connectivity index (χ0v) is 12.4. The number of aromatic nitrogens is 1. The van der Waals surface area contributed by atoms with Crippen LogP contribution in [0.4, 0.5) is 13.2 Å². The highest BCUT2D eigenvalue weighted by atomic mass is 19.4. The summed E-state index contributed by atoms with van der Waals surface area (Å²) < 4.78 is 48.3. The lowest BCUT2D eigenvalue weighted by molar-refractivity contribution is -0.137. The number of furan rings is 1. The van der Waals surface area contributed by atoms with Crippen molar-refractivity contribution in [2.24, 2.45) is 0 Å². The maximum Gasteiger partial charge on any atom is 0.416 e. The van der Waals surface area contributed by atoms with Crippen LogP contribution in [0.2, 0.25) is 0 Å². The average molecular weight is 338 g/mol. The lowest BCUT2D eigenvalue weighted by Crippen LogP contribution is -2.55. The largest absolute Gasteiger partial charge is 0.471 e. The van der Waals surface area contributed by atoms with Gasteiger partial charge in [-0.15, -0.1) is 0 Å². The van der Waals surface area contributed by atoms with Gasteiger partial charge in [0, 0.05) is 18.3 Å². The van der Waals surface area contributed by atoms with Crippen molar-refractivity contribution in [2.45, 2.75) is 12.3 Å². The van der Waals surface area contributed by atoms with Gasteiger partial charge in [-0.2, -0.15) is 13.2 Å². The van der Waals surface area contributed by atoms with E-state index >= 15 is 0 Å². The van der Waals surface area contributed by atoms with E-state index in [4.69, 9.17) is 9.15 Å². The molecule has 0 N–H and O–H groups in total. The zero-order chi connectivity index (χ0) is 17.2. The maximum absolute atomic E-state index is 12.6. The molecule has 24 heavy (non-hydrogen) atoms. The number of hydrogen-bond donors (Lipinski definition) is 0.